The van der Waals surface area contributed by atoms with E-state index in [0.717, 1.165) is 18.9 Å². The summed E-state index contributed by atoms with van der Waals surface area (Å²) in [5.41, 5.74) is -0.826. The molecule has 3 heterocycles. The second-order valence-electron chi connectivity index (χ2n) is 6.20. The lowest BCUT2D eigenvalue weighted by Gasteiger charge is -2.22. The van der Waals surface area contributed by atoms with Gasteiger partial charge in [-0.1, -0.05) is 6.07 Å². The van der Waals surface area contributed by atoms with Crippen molar-refractivity contribution in [2.75, 3.05) is 30.4 Å². The topological polar surface area (TPSA) is 76.1 Å². The smallest absolute Gasteiger partial charge is 0.381 e. The Morgan fingerprint density at radius 3 is 2.70 bits per heavy atom. The van der Waals surface area contributed by atoms with Crippen molar-refractivity contribution in [3.05, 3.63) is 47.8 Å². The Morgan fingerprint density at radius 1 is 1.19 bits per heavy atom. The van der Waals surface area contributed by atoms with Gasteiger partial charge in [-0.05, 0) is 43.0 Å². The van der Waals surface area contributed by atoms with Crippen molar-refractivity contribution in [3.63, 3.8) is 0 Å². The van der Waals surface area contributed by atoms with Crippen molar-refractivity contribution in [2.24, 2.45) is 5.92 Å². The average molecular weight is 380 g/mol. The van der Waals surface area contributed by atoms with Crippen molar-refractivity contribution in [1.29, 1.82) is 0 Å². The van der Waals surface area contributed by atoms with Crippen LogP contribution in [-0.4, -0.2) is 35.6 Å². The molecule has 27 heavy (non-hydrogen) atoms. The molecule has 2 aromatic heterocycles. The van der Waals surface area contributed by atoms with Crippen molar-refractivity contribution in [2.45, 2.75) is 19.0 Å². The van der Waals surface area contributed by atoms with Crippen LogP contribution in [0.4, 0.5) is 24.8 Å². The van der Waals surface area contributed by atoms with Gasteiger partial charge >= 0.3 is 6.18 Å². The number of nitrogens with zero attached hydrogens (tertiary/aromatic N) is 2. The number of nitrogens with one attached hydrogen (secondary N) is 2. The maximum absolute atomic E-state index is 12.8. The molecule has 9 heteroatoms. The lowest BCUT2D eigenvalue weighted by atomic mass is 10.0. The molecule has 1 amide bonds. The molecule has 0 aliphatic carbocycles. The van der Waals surface area contributed by atoms with E-state index in [4.69, 9.17) is 4.74 Å². The number of anilines is 2. The molecule has 1 fully saturated rings. The largest absolute Gasteiger partial charge is 0.433 e. The molecule has 1 saturated heterocycles. The normalized spacial score (nSPS) is 15.4. The van der Waals surface area contributed by atoms with Gasteiger partial charge in [0.25, 0.3) is 5.91 Å². The number of amides is 1. The van der Waals surface area contributed by atoms with Crippen LogP contribution in [-0.2, 0) is 10.9 Å². The van der Waals surface area contributed by atoms with Gasteiger partial charge in [-0.2, -0.15) is 13.2 Å². The monoisotopic (exact) mass is 380 g/mol. The van der Waals surface area contributed by atoms with Crippen LogP contribution in [0.1, 0.15) is 28.9 Å². The van der Waals surface area contributed by atoms with Crippen LogP contribution in [0, 0.1) is 5.92 Å². The first kappa shape index (κ1) is 19.1. The Balaban J connectivity index is 1.69. The van der Waals surface area contributed by atoms with E-state index < -0.39 is 17.8 Å². The molecule has 2 N–H and O–H groups in total. The summed E-state index contributed by atoms with van der Waals surface area (Å²) in [6.45, 7) is 2.06. The van der Waals surface area contributed by atoms with Crippen LogP contribution in [0.3, 0.4) is 0 Å². The number of rotatable bonds is 5. The minimum atomic E-state index is -4.58. The zero-order chi connectivity index (χ0) is 19.3. The second kappa shape index (κ2) is 8.34. The van der Waals surface area contributed by atoms with E-state index in [1.165, 1.54) is 12.1 Å². The van der Waals surface area contributed by atoms with Gasteiger partial charge in [-0.3, -0.25) is 4.79 Å². The average Bonchev–Trinajstić information content (AvgIpc) is 2.67. The van der Waals surface area contributed by atoms with Crippen LogP contribution >= 0.6 is 0 Å². The van der Waals surface area contributed by atoms with Gasteiger partial charge in [-0.25, -0.2) is 9.97 Å². The SMILES string of the molecule is O=C(Nc1cccc(C(F)(F)F)n1)c1cccnc1NCC1CCOCC1. The fourth-order valence-corrected chi connectivity index (χ4v) is 2.77. The number of alkyl halides is 3. The first-order valence-corrected chi connectivity index (χ1v) is 8.56. The van der Waals surface area contributed by atoms with Crippen molar-refractivity contribution < 1.29 is 22.7 Å². The minimum absolute atomic E-state index is 0.172. The fraction of sp³-hybridized carbons (Fsp3) is 0.389. The summed E-state index contributed by atoms with van der Waals surface area (Å²) < 4.78 is 43.6. The number of halogens is 3. The van der Waals surface area contributed by atoms with Crippen molar-refractivity contribution >= 4 is 17.5 Å². The molecule has 144 valence electrons. The quantitative estimate of drug-likeness (QED) is 0.829. The number of carbonyl (C=O) groups is 1. The Bertz CT molecular complexity index is 792. The molecule has 0 aromatic carbocycles. The van der Waals surface area contributed by atoms with Crippen molar-refractivity contribution in [3.8, 4) is 0 Å². The summed E-state index contributed by atoms with van der Waals surface area (Å²) in [6, 6.07) is 6.49. The summed E-state index contributed by atoms with van der Waals surface area (Å²) in [6.07, 6.45) is -1.18. The Labute approximate surface area is 154 Å². The predicted octanol–water partition coefficient (Wildman–Crippen LogP) is 3.59. The van der Waals surface area contributed by atoms with Gasteiger partial charge in [-0.15, -0.1) is 0 Å². The molecule has 3 rings (SSSR count). The van der Waals surface area contributed by atoms with Crippen LogP contribution in [0.15, 0.2) is 36.5 Å². The zero-order valence-electron chi connectivity index (χ0n) is 14.4. The van der Waals surface area contributed by atoms with E-state index in [9.17, 15) is 18.0 Å². The molecule has 2 aromatic rings. The van der Waals surface area contributed by atoms with Gasteiger partial charge in [0.15, 0.2) is 0 Å². The highest BCUT2D eigenvalue weighted by molar-refractivity contribution is 6.07. The zero-order valence-corrected chi connectivity index (χ0v) is 14.4. The molecule has 0 spiro atoms. The molecule has 0 bridgehead atoms. The second-order valence-corrected chi connectivity index (χ2v) is 6.20. The molecule has 0 saturated carbocycles. The number of hydrogen-bond acceptors (Lipinski definition) is 5. The van der Waals surface area contributed by atoms with Gasteiger partial charge in [0.2, 0.25) is 0 Å². The molecular weight excluding hydrogens is 361 g/mol. The van der Waals surface area contributed by atoms with Gasteiger partial charge in [0, 0.05) is 26.0 Å². The minimum Gasteiger partial charge on any atom is -0.381 e. The molecule has 1 aliphatic heterocycles. The van der Waals surface area contributed by atoms with Gasteiger partial charge < -0.3 is 15.4 Å². The number of hydrogen-bond donors (Lipinski definition) is 2. The highest BCUT2D eigenvalue weighted by Crippen LogP contribution is 2.28. The van der Waals surface area contributed by atoms with E-state index in [0.29, 0.717) is 31.5 Å². The first-order chi connectivity index (χ1) is 12.9. The number of aromatic nitrogens is 2. The van der Waals surface area contributed by atoms with Crippen LogP contribution in [0.2, 0.25) is 0 Å². The molecule has 0 unspecified atom stereocenters. The Morgan fingerprint density at radius 2 is 1.96 bits per heavy atom. The maximum atomic E-state index is 12.8. The number of carbonyl (C=O) groups excluding carboxylic acids is 1. The van der Waals surface area contributed by atoms with E-state index in [-0.39, 0.29) is 11.4 Å². The lowest BCUT2D eigenvalue weighted by Crippen LogP contribution is -2.24. The van der Waals surface area contributed by atoms with E-state index in [2.05, 4.69) is 20.6 Å². The van der Waals surface area contributed by atoms with Crippen molar-refractivity contribution in [1.82, 2.24) is 9.97 Å². The number of ether oxygens (including phenoxy) is 1. The summed E-state index contributed by atoms with van der Waals surface area (Å²) in [5.74, 6) is 0.0497. The summed E-state index contributed by atoms with van der Waals surface area (Å²) in [4.78, 5) is 20.1. The van der Waals surface area contributed by atoms with E-state index in [1.54, 1.807) is 18.3 Å². The Hall–Kier alpha value is -2.68. The molecule has 6 nitrogen and oxygen atoms in total. The van der Waals surface area contributed by atoms with E-state index in [1.807, 2.05) is 0 Å². The number of pyridine rings is 2. The van der Waals surface area contributed by atoms with Crippen LogP contribution in [0.5, 0.6) is 0 Å². The highest BCUT2D eigenvalue weighted by atomic mass is 19.4. The molecule has 1 aliphatic rings. The Kier molecular flexibility index (Phi) is 5.90. The third-order valence-corrected chi connectivity index (χ3v) is 4.23. The summed E-state index contributed by atoms with van der Waals surface area (Å²) in [7, 11) is 0. The third kappa shape index (κ3) is 5.16. The van der Waals surface area contributed by atoms with Crippen LogP contribution in [0.25, 0.3) is 0 Å². The standard InChI is InChI=1S/C18H19F3N4O2/c19-18(20,21)14-4-1-5-15(24-14)25-17(26)13-3-2-8-22-16(13)23-11-12-6-9-27-10-7-12/h1-5,8,12H,6-7,9-11H2,(H,22,23)(H,24,25,26). The third-order valence-electron chi connectivity index (χ3n) is 4.23. The molecule has 0 radical (unpaired) electrons. The molecular formula is C18H19F3N4O2. The van der Waals surface area contributed by atoms with Gasteiger partial charge in [0.05, 0.1) is 5.56 Å². The summed E-state index contributed by atoms with van der Waals surface area (Å²) in [5, 5.41) is 5.56. The highest BCUT2D eigenvalue weighted by Gasteiger charge is 2.32. The first-order valence-electron chi connectivity index (χ1n) is 8.56. The fourth-order valence-electron chi connectivity index (χ4n) is 2.77. The van der Waals surface area contributed by atoms with Gasteiger partial charge in [0.1, 0.15) is 17.3 Å². The summed E-state index contributed by atoms with van der Waals surface area (Å²) >= 11 is 0. The molecule has 0 atom stereocenters. The maximum Gasteiger partial charge on any atom is 0.433 e. The predicted molar refractivity (Wildman–Crippen MR) is 93.5 cm³/mol. The van der Waals surface area contributed by atoms with E-state index >= 15 is 0 Å². The van der Waals surface area contributed by atoms with Crippen LogP contribution < -0.4 is 10.6 Å². The lowest BCUT2D eigenvalue weighted by molar-refractivity contribution is -0.141.